The first kappa shape index (κ1) is 17.0. The minimum absolute atomic E-state index is 0.102. The molecule has 126 valence electrons. The van der Waals surface area contributed by atoms with E-state index in [1.54, 1.807) is 36.2 Å². The summed E-state index contributed by atoms with van der Waals surface area (Å²) in [5.74, 6) is 0.138. The molecule has 1 heterocycles. The Labute approximate surface area is 150 Å². The highest BCUT2D eigenvalue weighted by atomic mass is 32.2. The quantitative estimate of drug-likeness (QED) is 0.707. The van der Waals surface area contributed by atoms with Crippen molar-refractivity contribution in [1.82, 2.24) is 10.3 Å². The third kappa shape index (κ3) is 5.09. The number of carbonyl (C=O) groups is 1. The number of phenols is 1. The lowest BCUT2D eigenvalue weighted by Gasteiger charge is -2.07. The van der Waals surface area contributed by atoms with Crippen LogP contribution in [0.1, 0.15) is 15.9 Å². The van der Waals surface area contributed by atoms with Gasteiger partial charge in [0.25, 0.3) is 5.91 Å². The van der Waals surface area contributed by atoms with Crippen LogP contribution < -0.4 is 5.32 Å². The lowest BCUT2D eigenvalue weighted by Crippen LogP contribution is -2.25. The van der Waals surface area contributed by atoms with Crippen molar-refractivity contribution in [1.29, 1.82) is 0 Å². The van der Waals surface area contributed by atoms with E-state index in [2.05, 4.69) is 10.3 Å². The van der Waals surface area contributed by atoms with E-state index in [-0.39, 0.29) is 11.7 Å². The number of nitrogens with zero attached hydrogens (tertiary/aromatic N) is 1. The van der Waals surface area contributed by atoms with Crippen LogP contribution in [0.4, 0.5) is 0 Å². The summed E-state index contributed by atoms with van der Waals surface area (Å²) in [6.07, 6.45) is 2.43. The van der Waals surface area contributed by atoms with E-state index in [1.165, 1.54) is 0 Å². The molecular formula is C20H18N2O2S. The number of amides is 1. The van der Waals surface area contributed by atoms with Gasteiger partial charge in [0.1, 0.15) is 10.8 Å². The van der Waals surface area contributed by atoms with E-state index in [0.717, 1.165) is 15.5 Å². The molecule has 2 N–H and O–H groups in total. The number of nitrogens with one attached hydrogen (secondary N) is 1. The van der Waals surface area contributed by atoms with Crippen molar-refractivity contribution in [3.05, 3.63) is 84.1 Å². The highest BCUT2D eigenvalue weighted by Crippen LogP contribution is 2.25. The van der Waals surface area contributed by atoms with Crippen LogP contribution in [0, 0.1) is 0 Å². The molecule has 0 aliphatic heterocycles. The van der Waals surface area contributed by atoms with Crippen molar-refractivity contribution in [2.75, 3.05) is 6.54 Å². The number of aromatic hydroxyl groups is 1. The number of rotatable bonds is 6. The zero-order valence-electron chi connectivity index (χ0n) is 13.6. The van der Waals surface area contributed by atoms with Crippen LogP contribution in [-0.2, 0) is 6.42 Å². The topological polar surface area (TPSA) is 62.2 Å². The zero-order chi connectivity index (χ0) is 17.5. The first-order valence-corrected chi connectivity index (χ1v) is 8.77. The van der Waals surface area contributed by atoms with E-state index in [4.69, 9.17) is 0 Å². The smallest absolute Gasteiger partial charge is 0.251 e. The second-order valence-corrected chi connectivity index (χ2v) is 6.56. The Hall–Kier alpha value is -2.79. The predicted molar refractivity (Wildman–Crippen MR) is 98.9 cm³/mol. The molecule has 1 amide bonds. The number of hydrogen-bond acceptors (Lipinski definition) is 4. The summed E-state index contributed by atoms with van der Waals surface area (Å²) >= 11 is 1.56. The van der Waals surface area contributed by atoms with Gasteiger partial charge in [-0.3, -0.25) is 4.79 Å². The molecule has 3 rings (SSSR count). The summed E-state index contributed by atoms with van der Waals surface area (Å²) in [4.78, 5) is 17.5. The van der Waals surface area contributed by atoms with E-state index in [9.17, 15) is 9.90 Å². The monoisotopic (exact) mass is 350 g/mol. The number of hydrogen-bond donors (Lipinski definition) is 2. The van der Waals surface area contributed by atoms with Crippen molar-refractivity contribution in [3.63, 3.8) is 0 Å². The fourth-order valence-electron chi connectivity index (χ4n) is 2.34. The molecule has 0 bridgehead atoms. The lowest BCUT2D eigenvalue weighted by molar-refractivity contribution is 0.0954. The van der Waals surface area contributed by atoms with Crippen LogP contribution in [0.15, 0.2) is 82.8 Å². The molecule has 2 aromatic carbocycles. The van der Waals surface area contributed by atoms with Crippen LogP contribution in [0.5, 0.6) is 5.75 Å². The van der Waals surface area contributed by atoms with Crippen molar-refractivity contribution in [2.45, 2.75) is 16.3 Å². The fourth-order valence-corrected chi connectivity index (χ4v) is 3.11. The number of aromatic nitrogens is 1. The summed E-state index contributed by atoms with van der Waals surface area (Å²) in [6.45, 7) is 0.521. The van der Waals surface area contributed by atoms with Crippen molar-refractivity contribution >= 4 is 17.7 Å². The molecule has 4 nitrogen and oxygen atoms in total. The van der Waals surface area contributed by atoms with E-state index < -0.39 is 0 Å². The van der Waals surface area contributed by atoms with Gasteiger partial charge in [-0.1, -0.05) is 30.0 Å². The third-order valence-electron chi connectivity index (χ3n) is 3.59. The third-order valence-corrected chi connectivity index (χ3v) is 4.54. The minimum atomic E-state index is -0.102. The van der Waals surface area contributed by atoms with Gasteiger partial charge in [-0.05, 0) is 60.5 Å². The Morgan fingerprint density at radius 1 is 1.04 bits per heavy atom. The van der Waals surface area contributed by atoms with Crippen molar-refractivity contribution in [2.24, 2.45) is 0 Å². The molecule has 0 spiro atoms. The molecule has 0 unspecified atom stereocenters. The molecule has 0 fully saturated rings. The number of carbonyl (C=O) groups excluding carboxylic acids is 1. The van der Waals surface area contributed by atoms with E-state index in [1.807, 2.05) is 48.5 Å². The van der Waals surface area contributed by atoms with Crippen molar-refractivity contribution < 1.29 is 9.90 Å². The number of benzene rings is 2. The van der Waals surface area contributed by atoms with Gasteiger partial charge in [0.2, 0.25) is 0 Å². The van der Waals surface area contributed by atoms with Gasteiger partial charge < -0.3 is 10.4 Å². The fraction of sp³-hybridized carbons (Fsp3) is 0.100. The molecule has 0 aliphatic rings. The first-order chi connectivity index (χ1) is 12.2. The summed E-state index contributed by atoms with van der Waals surface area (Å²) in [5.41, 5.74) is 1.61. The molecule has 0 atom stereocenters. The summed E-state index contributed by atoms with van der Waals surface area (Å²) in [7, 11) is 0. The van der Waals surface area contributed by atoms with E-state index in [0.29, 0.717) is 18.5 Å². The SMILES string of the molecule is O=C(NCCc1cccc(O)c1)c1ccc(Sc2ccccn2)cc1. The molecule has 0 radical (unpaired) electrons. The zero-order valence-corrected chi connectivity index (χ0v) is 14.4. The summed E-state index contributed by atoms with van der Waals surface area (Å²) < 4.78 is 0. The Kier molecular flexibility index (Phi) is 5.69. The Balaban J connectivity index is 1.52. The van der Waals surface area contributed by atoms with Crippen LogP contribution in [0.25, 0.3) is 0 Å². The highest BCUT2D eigenvalue weighted by molar-refractivity contribution is 7.99. The maximum absolute atomic E-state index is 12.2. The van der Waals surface area contributed by atoms with Gasteiger partial charge >= 0.3 is 0 Å². The molecule has 1 aromatic heterocycles. The molecule has 0 saturated heterocycles. The largest absolute Gasteiger partial charge is 0.508 e. The molecule has 25 heavy (non-hydrogen) atoms. The second-order valence-electron chi connectivity index (χ2n) is 5.47. The Morgan fingerprint density at radius 3 is 2.60 bits per heavy atom. The predicted octanol–water partition coefficient (Wildman–Crippen LogP) is 3.91. The number of phenolic OH excluding ortho intramolecular Hbond substituents is 1. The molecular weight excluding hydrogens is 332 g/mol. The standard InChI is InChI=1S/C20H18N2O2S/c23-17-5-3-4-15(14-17)11-13-22-20(24)16-7-9-18(10-8-16)25-19-6-1-2-12-21-19/h1-10,12,14,23H,11,13H2,(H,22,24). The van der Waals surface area contributed by atoms with Crippen LogP contribution in [-0.4, -0.2) is 22.5 Å². The van der Waals surface area contributed by atoms with Gasteiger partial charge in [-0.25, -0.2) is 4.98 Å². The second kappa shape index (κ2) is 8.35. The average molecular weight is 350 g/mol. The molecule has 0 saturated carbocycles. The van der Waals surface area contributed by atoms with Crippen LogP contribution in [0.3, 0.4) is 0 Å². The maximum atomic E-state index is 12.2. The highest BCUT2D eigenvalue weighted by Gasteiger charge is 2.06. The summed E-state index contributed by atoms with van der Waals surface area (Å²) in [5, 5.41) is 13.3. The van der Waals surface area contributed by atoms with Crippen LogP contribution >= 0.6 is 11.8 Å². The molecule has 5 heteroatoms. The van der Waals surface area contributed by atoms with Gasteiger partial charge in [-0.15, -0.1) is 0 Å². The Morgan fingerprint density at radius 2 is 1.88 bits per heavy atom. The average Bonchev–Trinajstić information content (AvgIpc) is 2.63. The van der Waals surface area contributed by atoms with E-state index >= 15 is 0 Å². The number of pyridine rings is 1. The van der Waals surface area contributed by atoms with Gasteiger partial charge in [0.15, 0.2) is 0 Å². The van der Waals surface area contributed by atoms with Crippen molar-refractivity contribution in [3.8, 4) is 5.75 Å². The first-order valence-electron chi connectivity index (χ1n) is 7.96. The van der Waals surface area contributed by atoms with Crippen LogP contribution in [0.2, 0.25) is 0 Å². The van der Waals surface area contributed by atoms with Gasteiger partial charge in [0.05, 0.1) is 0 Å². The lowest BCUT2D eigenvalue weighted by atomic mass is 10.1. The maximum Gasteiger partial charge on any atom is 0.251 e. The Bertz CT molecular complexity index is 836. The molecule has 0 aliphatic carbocycles. The van der Waals surface area contributed by atoms with Gasteiger partial charge in [0, 0.05) is 23.2 Å². The summed E-state index contributed by atoms with van der Waals surface area (Å²) in [6, 6.07) is 20.3. The normalized spacial score (nSPS) is 10.4. The minimum Gasteiger partial charge on any atom is -0.508 e. The van der Waals surface area contributed by atoms with Gasteiger partial charge in [-0.2, -0.15) is 0 Å². The molecule has 3 aromatic rings.